The smallest absolute Gasteiger partial charge is 0.326 e. The lowest BCUT2D eigenvalue weighted by molar-refractivity contribution is 0.615. The van der Waals surface area contributed by atoms with Crippen molar-refractivity contribution in [3.8, 4) is 5.69 Å². The maximum absolute atomic E-state index is 9.48. The highest BCUT2D eigenvalue weighted by Crippen LogP contribution is 2.37. The third kappa shape index (κ3) is 2.04. The number of fused-ring (bicyclic) bond motifs is 6. The first-order valence-electron chi connectivity index (χ1n) is 9.26. The van der Waals surface area contributed by atoms with E-state index in [1.54, 1.807) is 0 Å². The number of benzene rings is 4. The fourth-order valence-corrected chi connectivity index (χ4v) is 4.27. The van der Waals surface area contributed by atoms with Gasteiger partial charge in [-0.1, -0.05) is 60.1 Å². The van der Waals surface area contributed by atoms with Crippen molar-refractivity contribution in [3.63, 3.8) is 0 Å². The first-order chi connectivity index (χ1) is 13.8. The van der Waals surface area contributed by atoms with E-state index in [0.717, 1.165) is 62.4 Å². The Morgan fingerprint density at radius 2 is 1.43 bits per heavy atom. The molecule has 4 heteroatoms. The second-order valence-electron chi connectivity index (χ2n) is 7.01. The Morgan fingerprint density at radius 1 is 0.679 bits per heavy atom. The highest BCUT2D eigenvalue weighted by atomic mass is 16.3. The predicted molar refractivity (Wildman–Crippen MR) is 116 cm³/mol. The molecule has 3 nitrogen and oxygen atoms in total. The summed E-state index contributed by atoms with van der Waals surface area (Å²) in [4.78, 5) is 0. The van der Waals surface area contributed by atoms with E-state index in [9.17, 15) is 5.02 Å². The first-order valence-corrected chi connectivity index (χ1v) is 9.26. The fourth-order valence-electron chi connectivity index (χ4n) is 4.27. The molecule has 6 rings (SSSR count). The van der Waals surface area contributed by atoms with E-state index in [4.69, 9.17) is 4.42 Å². The molecule has 0 saturated carbocycles. The van der Waals surface area contributed by atoms with Crippen molar-refractivity contribution in [2.75, 3.05) is 0 Å². The van der Waals surface area contributed by atoms with Crippen LogP contribution in [0, 0.1) is 0 Å². The lowest BCUT2D eigenvalue weighted by atomic mass is 9.88. The lowest BCUT2D eigenvalue weighted by Gasteiger charge is -2.09. The molecule has 0 amide bonds. The molecule has 0 atom stereocenters. The molecule has 4 aromatic carbocycles. The Balaban J connectivity index is 1.83. The zero-order valence-corrected chi connectivity index (χ0v) is 15.0. The summed E-state index contributed by atoms with van der Waals surface area (Å²) < 4.78 is 8.39. The largest absolute Gasteiger partial charge is 0.456 e. The molecule has 0 spiro atoms. The molecular weight excluding hydrogens is 345 g/mol. The molecule has 28 heavy (non-hydrogen) atoms. The molecule has 2 heterocycles. The van der Waals surface area contributed by atoms with Crippen LogP contribution in [0.2, 0.25) is 0 Å². The number of rotatable bonds is 2. The molecule has 0 aliphatic carbocycles. The van der Waals surface area contributed by atoms with E-state index < -0.39 is 0 Å². The summed E-state index contributed by atoms with van der Waals surface area (Å²) in [6, 6.07) is 28.8. The first kappa shape index (κ1) is 15.6. The molecule has 0 bridgehead atoms. The molecule has 1 radical (unpaired) electrons. The molecule has 0 aliphatic heterocycles. The Hall–Kier alpha value is -3.50. The molecule has 0 saturated heterocycles. The summed E-state index contributed by atoms with van der Waals surface area (Å²) in [6.07, 6.45) is 0. The van der Waals surface area contributed by atoms with Crippen molar-refractivity contribution in [2.24, 2.45) is 0 Å². The maximum Gasteiger partial charge on any atom is 0.326 e. The third-order valence-electron chi connectivity index (χ3n) is 5.47. The van der Waals surface area contributed by atoms with Crippen molar-refractivity contribution in [2.45, 2.75) is 0 Å². The topological polar surface area (TPSA) is 38.3 Å². The van der Waals surface area contributed by atoms with Gasteiger partial charge < -0.3 is 14.0 Å². The highest BCUT2D eigenvalue weighted by Gasteiger charge is 2.17. The number of furan rings is 1. The van der Waals surface area contributed by atoms with Gasteiger partial charge in [0.1, 0.15) is 11.2 Å². The van der Waals surface area contributed by atoms with Gasteiger partial charge in [-0.05, 0) is 30.3 Å². The standard InChI is InChI=1S/C24H15BNO2/c27-25-15-12-13-20-18(14-15)16-6-1-3-8-19(16)26(20)21-9-5-11-23-24(21)17-7-2-4-10-22(17)28-23/h1-14,27H. The zero-order chi connectivity index (χ0) is 18.7. The summed E-state index contributed by atoms with van der Waals surface area (Å²) in [7, 11) is 1.15. The Morgan fingerprint density at radius 3 is 2.32 bits per heavy atom. The number of para-hydroxylation sites is 2. The van der Waals surface area contributed by atoms with Gasteiger partial charge in [-0.15, -0.1) is 0 Å². The normalized spacial score (nSPS) is 11.8. The minimum Gasteiger partial charge on any atom is -0.456 e. The summed E-state index contributed by atoms with van der Waals surface area (Å²) in [5.74, 6) is 0. The van der Waals surface area contributed by atoms with Gasteiger partial charge in [0.05, 0.1) is 22.1 Å². The third-order valence-corrected chi connectivity index (χ3v) is 5.47. The van der Waals surface area contributed by atoms with Gasteiger partial charge >= 0.3 is 7.48 Å². The van der Waals surface area contributed by atoms with Gasteiger partial charge in [-0.25, -0.2) is 0 Å². The van der Waals surface area contributed by atoms with Gasteiger partial charge in [0.2, 0.25) is 0 Å². The van der Waals surface area contributed by atoms with Gasteiger partial charge in [0, 0.05) is 16.2 Å². The SMILES string of the molecule is O[B]c1ccc2c(c1)c1ccccc1n2-c1cccc2oc3ccccc3c12. The Labute approximate surface area is 161 Å². The van der Waals surface area contributed by atoms with Crippen LogP contribution < -0.4 is 5.46 Å². The van der Waals surface area contributed by atoms with E-state index in [-0.39, 0.29) is 0 Å². The second kappa shape index (κ2) is 5.75. The molecule has 2 aromatic heterocycles. The van der Waals surface area contributed by atoms with Gasteiger partial charge in [-0.3, -0.25) is 0 Å². The number of hydrogen-bond donors (Lipinski definition) is 1. The van der Waals surface area contributed by atoms with Crippen LogP contribution >= 0.6 is 0 Å². The summed E-state index contributed by atoms with van der Waals surface area (Å²) in [6.45, 7) is 0. The van der Waals surface area contributed by atoms with Crippen molar-refractivity contribution < 1.29 is 9.44 Å². The highest BCUT2D eigenvalue weighted by molar-refractivity contribution is 6.46. The van der Waals surface area contributed by atoms with Crippen LogP contribution in [-0.2, 0) is 0 Å². The quantitative estimate of drug-likeness (QED) is 0.445. The molecule has 6 aromatic rings. The van der Waals surface area contributed by atoms with Crippen molar-refractivity contribution in [3.05, 3.63) is 84.9 Å². The molecule has 0 aliphatic rings. The summed E-state index contributed by atoms with van der Waals surface area (Å²) in [5.41, 5.74) is 5.89. The van der Waals surface area contributed by atoms with Crippen LogP contribution in [0.4, 0.5) is 0 Å². The van der Waals surface area contributed by atoms with Gasteiger partial charge in [0.15, 0.2) is 0 Å². The average Bonchev–Trinajstić information content (AvgIpc) is 3.29. The van der Waals surface area contributed by atoms with Crippen molar-refractivity contribution in [1.29, 1.82) is 0 Å². The van der Waals surface area contributed by atoms with Gasteiger partial charge in [-0.2, -0.15) is 0 Å². The predicted octanol–water partition coefficient (Wildman–Crippen LogP) is 4.92. The molecule has 0 unspecified atom stereocenters. The lowest BCUT2D eigenvalue weighted by Crippen LogP contribution is -2.12. The summed E-state index contributed by atoms with van der Waals surface area (Å²) in [5, 5.41) is 14.0. The van der Waals surface area contributed by atoms with E-state index in [1.807, 2.05) is 42.5 Å². The number of aromatic nitrogens is 1. The van der Waals surface area contributed by atoms with Crippen LogP contribution in [0.25, 0.3) is 49.4 Å². The minimum absolute atomic E-state index is 0.794. The molecule has 0 fully saturated rings. The van der Waals surface area contributed by atoms with E-state index in [0.29, 0.717) is 0 Å². The second-order valence-corrected chi connectivity index (χ2v) is 7.01. The van der Waals surface area contributed by atoms with E-state index in [2.05, 4.69) is 47.0 Å². The number of nitrogens with zero attached hydrogens (tertiary/aromatic N) is 1. The molecule has 131 valence electrons. The average molecular weight is 360 g/mol. The number of hydrogen-bond acceptors (Lipinski definition) is 2. The monoisotopic (exact) mass is 360 g/mol. The van der Waals surface area contributed by atoms with Crippen LogP contribution in [0.5, 0.6) is 0 Å². The van der Waals surface area contributed by atoms with Crippen LogP contribution in [0.15, 0.2) is 89.3 Å². The van der Waals surface area contributed by atoms with Crippen LogP contribution in [-0.4, -0.2) is 17.1 Å². The Bertz CT molecular complexity index is 1510. The van der Waals surface area contributed by atoms with E-state index >= 15 is 0 Å². The maximum atomic E-state index is 9.48. The van der Waals surface area contributed by atoms with Crippen molar-refractivity contribution >= 4 is 56.7 Å². The van der Waals surface area contributed by atoms with Crippen LogP contribution in [0.1, 0.15) is 0 Å². The minimum atomic E-state index is 0.794. The Kier molecular flexibility index (Phi) is 3.19. The molecular formula is C24H15BNO2. The molecule has 1 N–H and O–H groups in total. The zero-order valence-electron chi connectivity index (χ0n) is 15.0. The van der Waals surface area contributed by atoms with E-state index in [1.165, 1.54) is 0 Å². The fraction of sp³-hybridized carbons (Fsp3) is 0. The van der Waals surface area contributed by atoms with Gasteiger partial charge in [0.25, 0.3) is 0 Å². The summed E-state index contributed by atoms with van der Waals surface area (Å²) >= 11 is 0. The van der Waals surface area contributed by atoms with Crippen molar-refractivity contribution in [1.82, 2.24) is 4.57 Å². The van der Waals surface area contributed by atoms with Crippen LogP contribution in [0.3, 0.4) is 0 Å².